The van der Waals surface area contributed by atoms with Gasteiger partial charge in [0.15, 0.2) is 5.82 Å². The number of carbonyl (C=O) groups is 1. The quantitative estimate of drug-likeness (QED) is 0.641. The van der Waals surface area contributed by atoms with Crippen LogP contribution in [0.5, 0.6) is 5.88 Å². The molecule has 1 aromatic carbocycles. The zero-order valence-electron chi connectivity index (χ0n) is 15.7. The molecule has 144 valence electrons. The zero-order chi connectivity index (χ0) is 20.0. The number of benzene rings is 1. The molecule has 1 aliphatic heterocycles. The van der Waals surface area contributed by atoms with Crippen LogP contribution in [-0.4, -0.2) is 37.6 Å². The normalized spacial score (nSPS) is 16.5. The third-order valence-corrected chi connectivity index (χ3v) is 4.65. The Kier molecular flexibility index (Phi) is 4.21. The van der Waals surface area contributed by atoms with Crippen LogP contribution in [0.3, 0.4) is 0 Å². The summed E-state index contributed by atoms with van der Waals surface area (Å²) in [7, 11) is 3.46. The number of aromatic nitrogens is 4. The highest BCUT2D eigenvalue weighted by molar-refractivity contribution is 5.95. The first-order valence-corrected chi connectivity index (χ1v) is 8.70. The second-order valence-corrected chi connectivity index (χ2v) is 6.76. The number of aryl methyl sites for hydroxylation is 1. The SMILES string of the molecule is C[C@H]1Oc2nc(cnc2N)-c2cn(C)nc2CN(C)C(=O)c2ccc(F)cc21. The Morgan fingerprint density at radius 3 is 2.86 bits per heavy atom. The molecule has 0 saturated heterocycles. The van der Waals surface area contributed by atoms with Gasteiger partial charge in [-0.1, -0.05) is 0 Å². The molecule has 0 unspecified atom stereocenters. The smallest absolute Gasteiger partial charge is 0.258 e. The predicted molar refractivity (Wildman–Crippen MR) is 99.9 cm³/mol. The number of anilines is 1. The van der Waals surface area contributed by atoms with Gasteiger partial charge in [0.2, 0.25) is 0 Å². The van der Waals surface area contributed by atoms with Crippen molar-refractivity contribution >= 4 is 11.7 Å². The fourth-order valence-corrected chi connectivity index (χ4v) is 3.26. The minimum Gasteiger partial charge on any atom is -0.467 e. The lowest BCUT2D eigenvalue weighted by molar-refractivity contribution is 0.0778. The van der Waals surface area contributed by atoms with E-state index in [0.717, 1.165) is 5.56 Å². The van der Waals surface area contributed by atoms with Gasteiger partial charge in [0, 0.05) is 37.0 Å². The molecule has 3 aromatic rings. The largest absolute Gasteiger partial charge is 0.467 e. The van der Waals surface area contributed by atoms with Crippen molar-refractivity contribution in [2.75, 3.05) is 12.8 Å². The van der Waals surface area contributed by atoms with Gasteiger partial charge < -0.3 is 15.4 Å². The average molecular weight is 382 g/mol. The lowest BCUT2D eigenvalue weighted by Crippen LogP contribution is -2.28. The number of halogens is 1. The van der Waals surface area contributed by atoms with Crippen LogP contribution in [0.15, 0.2) is 30.6 Å². The maximum Gasteiger partial charge on any atom is 0.258 e. The molecule has 2 aromatic heterocycles. The van der Waals surface area contributed by atoms with Gasteiger partial charge in [-0.15, -0.1) is 0 Å². The number of rotatable bonds is 0. The van der Waals surface area contributed by atoms with Gasteiger partial charge >= 0.3 is 0 Å². The van der Waals surface area contributed by atoms with E-state index in [1.54, 1.807) is 31.9 Å². The monoisotopic (exact) mass is 382 g/mol. The molecule has 0 saturated carbocycles. The van der Waals surface area contributed by atoms with Crippen LogP contribution in [0.25, 0.3) is 11.3 Å². The third-order valence-electron chi connectivity index (χ3n) is 4.65. The van der Waals surface area contributed by atoms with Gasteiger partial charge in [-0.2, -0.15) is 5.10 Å². The van der Waals surface area contributed by atoms with E-state index < -0.39 is 11.9 Å². The highest BCUT2D eigenvalue weighted by atomic mass is 19.1. The Hall–Kier alpha value is -3.49. The van der Waals surface area contributed by atoms with E-state index in [9.17, 15) is 9.18 Å². The summed E-state index contributed by atoms with van der Waals surface area (Å²) in [5.74, 6) is -0.488. The average Bonchev–Trinajstić information content (AvgIpc) is 3.02. The molecule has 0 radical (unpaired) electrons. The maximum absolute atomic E-state index is 13.9. The molecule has 0 spiro atoms. The molecule has 2 bridgehead atoms. The fourth-order valence-electron chi connectivity index (χ4n) is 3.26. The fraction of sp³-hybridized carbons (Fsp3) is 0.263. The Balaban J connectivity index is 1.93. The van der Waals surface area contributed by atoms with E-state index in [4.69, 9.17) is 10.5 Å². The van der Waals surface area contributed by atoms with Gasteiger partial charge in [-0.3, -0.25) is 9.48 Å². The van der Waals surface area contributed by atoms with Crippen LogP contribution in [0.2, 0.25) is 0 Å². The Morgan fingerprint density at radius 1 is 1.29 bits per heavy atom. The number of fused-ring (bicyclic) bond motifs is 5. The first kappa shape index (κ1) is 17.9. The summed E-state index contributed by atoms with van der Waals surface area (Å²) in [6.07, 6.45) is 2.67. The first-order chi connectivity index (χ1) is 13.3. The van der Waals surface area contributed by atoms with E-state index in [1.165, 1.54) is 29.3 Å². The summed E-state index contributed by atoms with van der Waals surface area (Å²) in [6.45, 7) is 1.96. The first-order valence-electron chi connectivity index (χ1n) is 8.70. The number of nitrogens with zero attached hydrogens (tertiary/aromatic N) is 5. The number of amides is 1. The van der Waals surface area contributed by atoms with Crippen LogP contribution >= 0.6 is 0 Å². The molecular weight excluding hydrogens is 363 g/mol. The lowest BCUT2D eigenvalue weighted by atomic mass is 10.0. The van der Waals surface area contributed by atoms with Crippen molar-refractivity contribution in [1.82, 2.24) is 24.6 Å². The van der Waals surface area contributed by atoms with E-state index in [1.807, 2.05) is 0 Å². The van der Waals surface area contributed by atoms with Crippen LogP contribution < -0.4 is 10.5 Å². The molecular formula is C19H19FN6O2. The number of ether oxygens (including phenoxy) is 1. The van der Waals surface area contributed by atoms with Gasteiger partial charge in [-0.05, 0) is 25.1 Å². The molecule has 9 heteroatoms. The van der Waals surface area contributed by atoms with Crippen molar-refractivity contribution < 1.29 is 13.9 Å². The summed E-state index contributed by atoms with van der Waals surface area (Å²) < 4.78 is 21.4. The molecule has 0 aliphatic carbocycles. The lowest BCUT2D eigenvalue weighted by Gasteiger charge is -2.23. The highest BCUT2D eigenvalue weighted by Crippen LogP contribution is 2.31. The molecule has 1 aliphatic rings. The van der Waals surface area contributed by atoms with E-state index in [-0.39, 0.29) is 24.1 Å². The number of carbonyl (C=O) groups excluding carboxylic acids is 1. The molecule has 4 rings (SSSR count). The zero-order valence-corrected chi connectivity index (χ0v) is 15.7. The number of nitrogen functional groups attached to an aromatic ring is 1. The van der Waals surface area contributed by atoms with Crippen molar-refractivity contribution in [1.29, 1.82) is 0 Å². The number of hydrogen-bond donors (Lipinski definition) is 1. The van der Waals surface area contributed by atoms with Gasteiger partial charge in [0.25, 0.3) is 11.8 Å². The molecule has 3 heterocycles. The second kappa shape index (κ2) is 6.59. The summed E-state index contributed by atoms with van der Waals surface area (Å²) in [6, 6.07) is 4.00. The molecule has 2 N–H and O–H groups in total. The van der Waals surface area contributed by atoms with Gasteiger partial charge in [0.1, 0.15) is 11.9 Å². The minimum absolute atomic E-state index is 0.111. The van der Waals surface area contributed by atoms with Gasteiger partial charge in [0.05, 0.1) is 24.1 Å². The van der Waals surface area contributed by atoms with Crippen LogP contribution in [-0.2, 0) is 13.6 Å². The van der Waals surface area contributed by atoms with Crippen molar-refractivity contribution in [2.45, 2.75) is 19.6 Å². The van der Waals surface area contributed by atoms with Crippen molar-refractivity contribution in [3.05, 3.63) is 53.2 Å². The number of hydrogen-bond acceptors (Lipinski definition) is 6. The van der Waals surface area contributed by atoms with E-state index in [0.29, 0.717) is 22.5 Å². The van der Waals surface area contributed by atoms with E-state index in [2.05, 4.69) is 15.1 Å². The minimum atomic E-state index is -0.664. The third kappa shape index (κ3) is 3.04. The molecule has 28 heavy (non-hydrogen) atoms. The van der Waals surface area contributed by atoms with Crippen molar-refractivity contribution in [2.24, 2.45) is 7.05 Å². The summed E-state index contributed by atoms with van der Waals surface area (Å²) in [4.78, 5) is 23.3. The van der Waals surface area contributed by atoms with E-state index >= 15 is 0 Å². The Morgan fingerprint density at radius 2 is 2.07 bits per heavy atom. The standard InChI is InChI=1S/C19H19FN6O2/c1-10-13-6-11(20)4-5-12(13)19(27)25(2)9-16-14(8-26(3)24-16)15-7-22-17(21)18(23-15)28-10/h4-8,10H,9H2,1-3H3,(H2,21,22)/t10-/m1/s1. The Labute approximate surface area is 160 Å². The topological polar surface area (TPSA) is 99.2 Å². The second-order valence-electron chi connectivity index (χ2n) is 6.76. The summed E-state index contributed by atoms with van der Waals surface area (Å²) >= 11 is 0. The molecule has 1 atom stereocenters. The molecule has 8 nitrogen and oxygen atoms in total. The number of nitrogens with two attached hydrogens (primary N) is 1. The van der Waals surface area contributed by atoms with Crippen LogP contribution in [0.4, 0.5) is 10.2 Å². The van der Waals surface area contributed by atoms with Gasteiger partial charge in [-0.25, -0.2) is 14.4 Å². The highest BCUT2D eigenvalue weighted by Gasteiger charge is 2.25. The summed E-state index contributed by atoms with van der Waals surface area (Å²) in [5.41, 5.74) is 8.59. The van der Waals surface area contributed by atoms with Crippen LogP contribution in [0, 0.1) is 5.82 Å². The van der Waals surface area contributed by atoms with Crippen LogP contribution in [0.1, 0.15) is 34.6 Å². The Bertz CT molecular complexity index is 1080. The summed E-state index contributed by atoms with van der Waals surface area (Å²) in [5, 5.41) is 4.45. The molecule has 1 amide bonds. The predicted octanol–water partition coefficient (Wildman–Crippen LogP) is 2.32. The maximum atomic E-state index is 13.9. The van der Waals surface area contributed by atoms with Crippen molar-refractivity contribution in [3.63, 3.8) is 0 Å². The molecule has 0 fully saturated rings. The van der Waals surface area contributed by atoms with Crippen molar-refractivity contribution in [3.8, 4) is 17.1 Å².